The highest BCUT2D eigenvalue weighted by atomic mass is 19.3. The molecular formula is C34H25F5N4O5. The molecule has 5 aromatic rings. The van der Waals surface area contributed by atoms with Crippen molar-refractivity contribution >= 4 is 17.0 Å². The van der Waals surface area contributed by atoms with Gasteiger partial charge in [-0.25, -0.2) is 36.7 Å². The topological polar surface area (TPSA) is 119 Å². The maximum absolute atomic E-state index is 15.7. The number of carbonyl (C=O) groups is 1. The van der Waals surface area contributed by atoms with Crippen molar-refractivity contribution in [3.63, 3.8) is 0 Å². The van der Waals surface area contributed by atoms with Gasteiger partial charge in [-0.15, -0.1) is 0 Å². The van der Waals surface area contributed by atoms with Crippen LogP contribution in [0.4, 0.5) is 22.0 Å². The third-order valence-electron chi connectivity index (χ3n) is 7.82. The van der Waals surface area contributed by atoms with Crippen molar-refractivity contribution in [2.45, 2.75) is 31.6 Å². The molecule has 0 amide bonds. The number of nitrogens with zero attached hydrogens (tertiary/aromatic N) is 4. The predicted octanol–water partition coefficient (Wildman–Crippen LogP) is 6.48. The monoisotopic (exact) mass is 664 g/mol. The van der Waals surface area contributed by atoms with E-state index in [2.05, 4.69) is 9.97 Å². The van der Waals surface area contributed by atoms with Crippen molar-refractivity contribution < 1.29 is 46.1 Å². The van der Waals surface area contributed by atoms with E-state index in [9.17, 15) is 23.1 Å². The molecule has 0 spiro atoms. The molecule has 0 bridgehead atoms. The van der Waals surface area contributed by atoms with Gasteiger partial charge in [-0.2, -0.15) is 5.26 Å². The Balaban J connectivity index is 1.29. The minimum absolute atomic E-state index is 0.00893. The van der Waals surface area contributed by atoms with Crippen LogP contribution in [0.25, 0.3) is 22.3 Å². The van der Waals surface area contributed by atoms with E-state index in [-0.39, 0.29) is 71.5 Å². The number of alkyl halides is 2. The van der Waals surface area contributed by atoms with Gasteiger partial charge in [-0.3, -0.25) is 0 Å². The van der Waals surface area contributed by atoms with E-state index in [4.69, 9.17) is 19.5 Å². The van der Waals surface area contributed by atoms with Gasteiger partial charge in [-0.1, -0.05) is 12.1 Å². The number of aromatic carboxylic acids is 1. The van der Waals surface area contributed by atoms with E-state index in [1.165, 1.54) is 48.5 Å². The molecule has 0 aliphatic carbocycles. The summed E-state index contributed by atoms with van der Waals surface area (Å²) in [7, 11) is 0. The van der Waals surface area contributed by atoms with E-state index >= 15 is 8.78 Å². The first-order valence-corrected chi connectivity index (χ1v) is 14.6. The van der Waals surface area contributed by atoms with Gasteiger partial charge in [-0.05, 0) is 54.1 Å². The molecule has 3 heterocycles. The molecule has 48 heavy (non-hydrogen) atoms. The first-order chi connectivity index (χ1) is 23.1. The number of pyridine rings is 1. The number of benzene rings is 3. The molecule has 1 aliphatic rings. The van der Waals surface area contributed by atoms with Crippen LogP contribution in [0, 0.1) is 28.8 Å². The average molecular weight is 665 g/mol. The minimum atomic E-state index is -2.73. The molecular weight excluding hydrogens is 639 g/mol. The highest BCUT2D eigenvalue weighted by Gasteiger charge is 2.34. The molecule has 0 saturated carbocycles. The quantitative estimate of drug-likeness (QED) is 0.160. The zero-order chi connectivity index (χ0) is 33.9. The van der Waals surface area contributed by atoms with Crippen molar-refractivity contribution in [1.82, 2.24) is 14.5 Å². The number of fused-ring (bicyclic) bond motifs is 1. The Bertz CT molecular complexity index is 2050. The second kappa shape index (κ2) is 13.8. The van der Waals surface area contributed by atoms with Crippen LogP contribution in [0.5, 0.6) is 5.88 Å². The summed E-state index contributed by atoms with van der Waals surface area (Å²) in [5.74, 6) is -3.21. The molecule has 1 saturated heterocycles. The number of carboxylic acids is 1. The number of ether oxygens (including phenoxy) is 3. The van der Waals surface area contributed by atoms with Crippen LogP contribution in [0.1, 0.15) is 38.9 Å². The Labute approximate surface area is 269 Å². The summed E-state index contributed by atoms with van der Waals surface area (Å²) in [6.07, 6.45) is -3.81. The van der Waals surface area contributed by atoms with Gasteiger partial charge in [0, 0.05) is 23.6 Å². The highest BCUT2D eigenvalue weighted by molar-refractivity contribution is 5.92. The van der Waals surface area contributed by atoms with Crippen LogP contribution in [0.15, 0.2) is 66.7 Å². The summed E-state index contributed by atoms with van der Waals surface area (Å²) in [5.41, 5.74) is 0.753. The predicted molar refractivity (Wildman–Crippen MR) is 160 cm³/mol. The molecule has 0 radical (unpaired) electrons. The first-order valence-electron chi connectivity index (χ1n) is 14.6. The van der Waals surface area contributed by atoms with Crippen molar-refractivity contribution in [2.24, 2.45) is 0 Å². The number of halogens is 5. The summed E-state index contributed by atoms with van der Waals surface area (Å²) >= 11 is 0. The van der Waals surface area contributed by atoms with E-state index in [1.54, 1.807) is 4.57 Å². The normalized spacial score (nSPS) is 16.0. The Hall–Kier alpha value is -5.39. The molecule has 246 valence electrons. The number of hydrogen-bond acceptors (Lipinski definition) is 7. The lowest BCUT2D eigenvalue weighted by molar-refractivity contribution is -0.0356. The van der Waals surface area contributed by atoms with Gasteiger partial charge in [0.15, 0.2) is 0 Å². The Morgan fingerprint density at radius 1 is 1.00 bits per heavy atom. The molecule has 1 fully saturated rings. The standard InChI is InChI=1S/C34H25F5N4O5/c35-23-8-18(13-40)4-5-20(23)14-48-33-3-1-2-26(42-33)22-12-24(36)21(9-25(22)37)11-32-41-27-7-6-19(34(44)45)10-28(27)43(32)29-15-46-16-30(29)47-17-31(38)39/h1-10,12,29-31H,11,14-17H2,(H,44,45)/t29-,30+/m1/s1. The van der Waals surface area contributed by atoms with Gasteiger partial charge in [0.1, 0.15) is 42.6 Å². The molecule has 3 aromatic carbocycles. The van der Waals surface area contributed by atoms with Crippen molar-refractivity contribution in [1.29, 1.82) is 5.26 Å². The fraction of sp³-hybridized carbons (Fsp3) is 0.235. The lowest BCUT2D eigenvalue weighted by atomic mass is 10.0. The Morgan fingerprint density at radius 2 is 1.81 bits per heavy atom. The lowest BCUT2D eigenvalue weighted by Crippen LogP contribution is -2.28. The smallest absolute Gasteiger partial charge is 0.335 e. The average Bonchev–Trinajstić information content (AvgIpc) is 3.67. The largest absolute Gasteiger partial charge is 0.478 e. The highest BCUT2D eigenvalue weighted by Crippen LogP contribution is 2.33. The maximum atomic E-state index is 15.7. The molecule has 0 unspecified atom stereocenters. The number of hydrogen-bond donors (Lipinski definition) is 1. The van der Waals surface area contributed by atoms with E-state index in [1.807, 2.05) is 6.07 Å². The summed E-state index contributed by atoms with van der Waals surface area (Å²) in [6.45, 7) is -1.05. The number of carboxylic acid groups (broad SMARTS) is 1. The number of rotatable bonds is 11. The molecule has 14 heteroatoms. The first kappa shape index (κ1) is 32.5. The fourth-order valence-corrected chi connectivity index (χ4v) is 5.51. The molecule has 1 N–H and O–H groups in total. The Kier molecular flexibility index (Phi) is 9.33. The minimum Gasteiger partial charge on any atom is -0.478 e. The molecule has 9 nitrogen and oxygen atoms in total. The summed E-state index contributed by atoms with van der Waals surface area (Å²) in [4.78, 5) is 20.5. The zero-order valence-electron chi connectivity index (χ0n) is 24.9. The molecule has 2 atom stereocenters. The van der Waals surface area contributed by atoms with Crippen LogP contribution in [-0.2, 0) is 22.5 Å². The maximum Gasteiger partial charge on any atom is 0.335 e. The SMILES string of the molecule is N#Cc1ccc(COc2cccc(-c3cc(F)c(Cc4nc5ccc(C(=O)O)cc5n4[C@@H]4COC[C@@H]4OCC(F)F)cc3F)n2)c(F)c1. The Morgan fingerprint density at radius 3 is 2.56 bits per heavy atom. The molecule has 6 rings (SSSR count). The van der Waals surface area contributed by atoms with Crippen molar-refractivity contribution in [2.75, 3.05) is 19.8 Å². The molecule has 2 aromatic heterocycles. The summed E-state index contributed by atoms with van der Waals surface area (Å²) in [6, 6.07) is 15.7. The van der Waals surface area contributed by atoms with E-state index < -0.39 is 48.6 Å². The van der Waals surface area contributed by atoms with Crippen LogP contribution in [0.3, 0.4) is 0 Å². The third kappa shape index (κ3) is 6.83. The number of imidazole rings is 1. The zero-order valence-corrected chi connectivity index (χ0v) is 24.9. The molecule has 1 aliphatic heterocycles. The van der Waals surface area contributed by atoms with Crippen molar-refractivity contribution in [3.05, 3.63) is 112 Å². The van der Waals surface area contributed by atoms with E-state index in [0.717, 1.165) is 18.2 Å². The van der Waals surface area contributed by atoms with Gasteiger partial charge >= 0.3 is 5.97 Å². The summed E-state index contributed by atoms with van der Waals surface area (Å²) in [5, 5.41) is 18.5. The fourth-order valence-electron chi connectivity index (χ4n) is 5.51. The van der Waals surface area contributed by atoms with Gasteiger partial charge < -0.3 is 23.9 Å². The van der Waals surface area contributed by atoms with Crippen LogP contribution < -0.4 is 4.74 Å². The van der Waals surface area contributed by atoms with Crippen LogP contribution >= 0.6 is 0 Å². The second-order valence-corrected chi connectivity index (χ2v) is 10.9. The van der Waals surface area contributed by atoms with Gasteiger partial charge in [0.25, 0.3) is 6.43 Å². The lowest BCUT2D eigenvalue weighted by Gasteiger charge is -2.22. The van der Waals surface area contributed by atoms with Crippen molar-refractivity contribution in [3.8, 4) is 23.2 Å². The third-order valence-corrected chi connectivity index (χ3v) is 7.82. The second-order valence-electron chi connectivity index (χ2n) is 10.9. The van der Waals surface area contributed by atoms with Gasteiger partial charge in [0.2, 0.25) is 5.88 Å². The summed E-state index contributed by atoms with van der Waals surface area (Å²) < 4.78 is 89.5. The number of nitriles is 1. The van der Waals surface area contributed by atoms with Crippen LogP contribution in [-0.4, -0.2) is 58.0 Å². The van der Waals surface area contributed by atoms with Gasteiger partial charge in [0.05, 0.1) is 53.2 Å². The van der Waals surface area contributed by atoms with Crippen LogP contribution in [0.2, 0.25) is 0 Å². The number of aromatic nitrogens is 3. The van der Waals surface area contributed by atoms with E-state index in [0.29, 0.717) is 11.0 Å².